The van der Waals surface area contributed by atoms with Gasteiger partial charge in [-0.3, -0.25) is 4.98 Å². The molecule has 0 aliphatic heterocycles. The molecule has 3 rings (SSSR count). The average molecular weight is 189 g/mol. The molecule has 74 valence electrons. The number of hydrogen-bond donors (Lipinski definition) is 1. The molecule has 1 aromatic heterocycles. The maximum atomic E-state index is 10.1. The van der Waals surface area contributed by atoms with Gasteiger partial charge in [0.15, 0.2) is 0 Å². The van der Waals surface area contributed by atoms with Gasteiger partial charge < -0.3 is 5.11 Å². The van der Waals surface area contributed by atoms with E-state index in [2.05, 4.69) is 4.98 Å². The van der Waals surface area contributed by atoms with Crippen LogP contribution >= 0.6 is 0 Å². The predicted octanol–water partition coefficient (Wildman–Crippen LogP) is 2.16. The third kappa shape index (κ3) is 1.17. The van der Waals surface area contributed by atoms with Gasteiger partial charge in [0.25, 0.3) is 0 Å². The number of nitrogens with zero attached hydrogens (tertiary/aromatic N) is 1. The van der Waals surface area contributed by atoms with Gasteiger partial charge in [0.2, 0.25) is 0 Å². The van der Waals surface area contributed by atoms with Crippen molar-refractivity contribution in [2.75, 3.05) is 0 Å². The van der Waals surface area contributed by atoms with Gasteiger partial charge in [0, 0.05) is 12.4 Å². The summed E-state index contributed by atoms with van der Waals surface area (Å²) in [5.41, 5.74) is 0.993. The third-order valence-corrected chi connectivity index (χ3v) is 3.86. The lowest BCUT2D eigenvalue weighted by Crippen LogP contribution is -2.04. The Morgan fingerprint density at radius 3 is 2.79 bits per heavy atom. The molecule has 1 aromatic rings. The van der Waals surface area contributed by atoms with Crippen LogP contribution in [0.5, 0.6) is 0 Å². The van der Waals surface area contributed by atoms with Gasteiger partial charge in [0.05, 0.1) is 6.10 Å². The Morgan fingerprint density at radius 2 is 2.14 bits per heavy atom. The second kappa shape index (κ2) is 3.06. The lowest BCUT2D eigenvalue weighted by atomic mass is 10.0. The molecule has 0 bridgehead atoms. The number of aliphatic hydroxyl groups is 1. The standard InChI is InChI=1S/C12H15NO/c14-12(8-3-2-6-13-7-8)11-9-4-1-5-10(9)11/h2-3,6-7,9-12,14H,1,4-5H2. The van der Waals surface area contributed by atoms with Crippen LogP contribution in [0.3, 0.4) is 0 Å². The van der Waals surface area contributed by atoms with E-state index in [0.29, 0.717) is 5.92 Å². The number of pyridine rings is 1. The van der Waals surface area contributed by atoms with Gasteiger partial charge in [-0.25, -0.2) is 0 Å². The number of aromatic nitrogens is 1. The molecular formula is C12H15NO. The normalized spacial score (nSPS) is 36.5. The van der Waals surface area contributed by atoms with Crippen LogP contribution in [-0.2, 0) is 0 Å². The minimum Gasteiger partial charge on any atom is -0.388 e. The number of rotatable bonds is 2. The van der Waals surface area contributed by atoms with Crippen molar-refractivity contribution in [3.05, 3.63) is 30.1 Å². The van der Waals surface area contributed by atoms with E-state index < -0.39 is 0 Å². The highest BCUT2D eigenvalue weighted by molar-refractivity contribution is 5.18. The first-order chi connectivity index (χ1) is 6.88. The summed E-state index contributed by atoms with van der Waals surface area (Å²) < 4.78 is 0. The molecule has 2 aliphatic carbocycles. The summed E-state index contributed by atoms with van der Waals surface area (Å²) in [4.78, 5) is 4.05. The predicted molar refractivity (Wildman–Crippen MR) is 53.5 cm³/mol. The maximum Gasteiger partial charge on any atom is 0.0838 e. The zero-order valence-electron chi connectivity index (χ0n) is 8.13. The molecule has 2 nitrogen and oxygen atoms in total. The number of fused-ring (bicyclic) bond motifs is 1. The van der Waals surface area contributed by atoms with Crippen molar-refractivity contribution in [2.24, 2.45) is 17.8 Å². The SMILES string of the molecule is OC(c1cccnc1)C1C2CCCC21. The lowest BCUT2D eigenvalue weighted by molar-refractivity contribution is 0.137. The van der Waals surface area contributed by atoms with Crippen LogP contribution in [0.2, 0.25) is 0 Å². The first kappa shape index (κ1) is 8.42. The Morgan fingerprint density at radius 1 is 1.36 bits per heavy atom. The van der Waals surface area contributed by atoms with Crippen molar-refractivity contribution in [2.45, 2.75) is 25.4 Å². The summed E-state index contributed by atoms with van der Waals surface area (Å²) in [6.07, 6.45) is 7.30. The molecule has 3 atom stereocenters. The molecule has 14 heavy (non-hydrogen) atoms. The molecule has 0 spiro atoms. The highest BCUT2D eigenvalue weighted by Gasteiger charge is 2.55. The Bertz CT molecular complexity index is 314. The largest absolute Gasteiger partial charge is 0.388 e. The van der Waals surface area contributed by atoms with Crippen molar-refractivity contribution in [1.82, 2.24) is 4.98 Å². The van der Waals surface area contributed by atoms with Crippen LogP contribution in [0, 0.1) is 17.8 Å². The highest BCUT2D eigenvalue weighted by Crippen LogP contribution is 2.62. The van der Waals surface area contributed by atoms with Gasteiger partial charge in [0.1, 0.15) is 0 Å². The zero-order chi connectivity index (χ0) is 9.54. The molecule has 0 amide bonds. The van der Waals surface area contributed by atoms with Crippen molar-refractivity contribution in [1.29, 1.82) is 0 Å². The molecule has 1 N–H and O–H groups in total. The van der Waals surface area contributed by atoms with Gasteiger partial charge in [-0.05, 0) is 42.2 Å². The molecular weight excluding hydrogens is 174 g/mol. The van der Waals surface area contributed by atoms with Crippen LogP contribution in [0.1, 0.15) is 30.9 Å². The maximum absolute atomic E-state index is 10.1. The fraction of sp³-hybridized carbons (Fsp3) is 0.583. The van der Waals surface area contributed by atoms with E-state index in [0.717, 1.165) is 17.4 Å². The minimum atomic E-state index is -0.265. The highest BCUT2D eigenvalue weighted by atomic mass is 16.3. The van der Waals surface area contributed by atoms with Gasteiger partial charge in [-0.2, -0.15) is 0 Å². The summed E-state index contributed by atoms with van der Waals surface area (Å²) >= 11 is 0. The molecule has 3 unspecified atom stereocenters. The van der Waals surface area contributed by atoms with E-state index in [1.165, 1.54) is 19.3 Å². The lowest BCUT2D eigenvalue weighted by Gasteiger charge is -2.11. The fourth-order valence-electron chi connectivity index (χ4n) is 3.12. The van der Waals surface area contributed by atoms with Crippen molar-refractivity contribution in [3.63, 3.8) is 0 Å². The fourth-order valence-corrected chi connectivity index (χ4v) is 3.12. The zero-order valence-corrected chi connectivity index (χ0v) is 8.13. The monoisotopic (exact) mass is 189 g/mol. The van der Waals surface area contributed by atoms with Gasteiger partial charge >= 0.3 is 0 Å². The van der Waals surface area contributed by atoms with E-state index in [9.17, 15) is 5.11 Å². The summed E-state index contributed by atoms with van der Waals surface area (Å²) in [7, 11) is 0. The van der Waals surface area contributed by atoms with Crippen LogP contribution in [-0.4, -0.2) is 10.1 Å². The molecule has 2 fully saturated rings. The Labute approximate surface area is 84.0 Å². The van der Waals surface area contributed by atoms with Crippen molar-refractivity contribution >= 4 is 0 Å². The summed E-state index contributed by atoms with van der Waals surface area (Å²) in [5, 5.41) is 10.1. The second-order valence-corrected chi connectivity index (χ2v) is 4.57. The Hall–Kier alpha value is -0.890. The van der Waals surface area contributed by atoms with E-state index in [1.807, 2.05) is 12.1 Å². The minimum absolute atomic E-state index is 0.265. The Balaban J connectivity index is 1.75. The molecule has 1 heterocycles. The number of aliphatic hydroxyl groups excluding tert-OH is 1. The number of hydrogen-bond acceptors (Lipinski definition) is 2. The quantitative estimate of drug-likeness (QED) is 0.773. The third-order valence-electron chi connectivity index (χ3n) is 3.86. The molecule has 0 saturated heterocycles. The smallest absolute Gasteiger partial charge is 0.0838 e. The molecule has 0 aromatic carbocycles. The first-order valence-electron chi connectivity index (χ1n) is 5.46. The van der Waals surface area contributed by atoms with Crippen molar-refractivity contribution < 1.29 is 5.11 Å². The second-order valence-electron chi connectivity index (χ2n) is 4.57. The van der Waals surface area contributed by atoms with Gasteiger partial charge in [-0.1, -0.05) is 12.5 Å². The van der Waals surface area contributed by atoms with Crippen LogP contribution in [0.15, 0.2) is 24.5 Å². The molecule has 0 radical (unpaired) electrons. The van der Waals surface area contributed by atoms with E-state index in [-0.39, 0.29) is 6.10 Å². The van der Waals surface area contributed by atoms with Crippen LogP contribution in [0.4, 0.5) is 0 Å². The molecule has 2 saturated carbocycles. The Kier molecular flexibility index (Phi) is 1.84. The van der Waals surface area contributed by atoms with E-state index >= 15 is 0 Å². The topological polar surface area (TPSA) is 33.1 Å². The van der Waals surface area contributed by atoms with Gasteiger partial charge in [-0.15, -0.1) is 0 Å². The van der Waals surface area contributed by atoms with Crippen LogP contribution < -0.4 is 0 Å². The first-order valence-corrected chi connectivity index (χ1v) is 5.46. The van der Waals surface area contributed by atoms with Crippen molar-refractivity contribution in [3.8, 4) is 0 Å². The van der Waals surface area contributed by atoms with E-state index in [4.69, 9.17) is 0 Å². The average Bonchev–Trinajstić information content (AvgIpc) is 2.72. The summed E-state index contributed by atoms with van der Waals surface area (Å²) in [5.74, 6) is 2.16. The summed E-state index contributed by atoms with van der Waals surface area (Å²) in [6, 6.07) is 3.88. The molecule has 2 aliphatic rings. The summed E-state index contributed by atoms with van der Waals surface area (Å²) in [6.45, 7) is 0. The molecule has 2 heteroatoms. The van der Waals surface area contributed by atoms with Crippen LogP contribution in [0.25, 0.3) is 0 Å². The van der Waals surface area contributed by atoms with E-state index in [1.54, 1.807) is 12.4 Å².